The summed E-state index contributed by atoms with van der Waals surface area (Å²) in [6, 6.07) is 0.797. The summed E-state index contributed by atoms with van der Waals surface area (Å²) in [5, 5.41) is 0. The van der Waals surface area contributed by atoms with E-state index < -0.39 is 0 Å². The van der Waals surface area contributed by atoms with E-state index in [1.807, 2.05) is 0 Å². The van der Waals surface area contributed by atoms with Crippen LogP contribution in [0.1, 0.15) is 46.0 Å². The fourth-order valence-corrected chi connectivity index (χ4v) is 3.38. The molecule has 2 N–H and O–H groups in total. The Morgan fingerprint density at radius 3 is 2.60 bits per heavy atom. The second-order valence-electron chi connectivity index (χ2n) is 6.23. The normalized spacial score (nSPS) is 37.0. The summed E-state index contributed by atoms with van der Waals surface area (Å²) in [4.78, 5) is 2.72. The van der Waals surface area contributed by atoms with Crippen LogP contribution in [-0.4, -0.2) is 30.6 Å². The van der Waals surface area contributed by atoms with Gasteiger partial charge in [-0.1, -0.05) is 26.7 Å². The van der Waals surface area contributed by atoms with Gasteiger partial charge >= 0.3 is 0 Å². The van der Waals surface area contributed by atoms with E-state index in [1.54, 1.807) is 0 Å². The van der Waals surface area contributed by atoms with Gasteiger partial charge in [-0.3, -0.25) is 4.90 Å². The van der Waals surface area contributed by atoms with E-state index in [9.17, 15) is 0 Å². The zero-order chi connectivity index (χ0) is 10.9. The van der Waals surface area contributed by atoms with E-state index in [1.165, 1.54) is 45.2 Å². The predicted octanol–water partition coefficient (Wildman–Crippen LogP) is 2.24. The highest BCUT2D eigenvalue weighted by molar-refractivity contribution is 4.91. The summed E-state index contributed by atoms with van der Waals surface area (Å²) in [5.41, 5.74) is 6.44. The van der Waals surface area contributed by atoms with Gasteiger partial charge in [-0.25, -0.2) is 0 Å². The molecule has 0 amide bonds. The molecule has 0 bridgehead atoms. The third-order valence-corrected chi connectivity index (χ3v) is 4.35. The number of likely N-dealkylation sites (tertiary alicyclic amines) is 1. The third kappa shape index (κ3) is 2.54. The SMILES string of the molecule is CC1(C)CCN(C2CCCCC2CN)C1. The van der Waals surface area contributed by atoms with E-state index in [0.29, 0.717) is 5.41 Å². The fourth-order valence-electron chi connectivity index (χ4n) is 3.38. The molecule has 2 heteroatoms. The van der Waals surface area contributed by atoms with Crippen LogP contribution in [0.3, 0.4) is 0 Å². The van der Waals surface area contributed by atoms with Gasteiger partial charge in [-0.15, -0.1) is 0 Å². The molecule has 1 saturated heterocycles. The summed E-state index contributed by atoms with van der Waals surface area (Å²) in [6.07, 6.45) is 6.92. The maximum atomic E-state index is 5.90. The van der Waals surface area contributed by atoms with Gasteiger partial charge < -0.3 is 5.73 Å². The van der Waals surface area contributed by atoms with Crippen LogP contribution in [-0.2, 0) is 0 Å². The molecule has 1 heterocycles. The number of nitrogens with zero attached hydrogens (tertiary/aromatic N) is 1. The summed E-state index contributed by atoms with van der Waals surface area (Å²) < 4.78 is 0. The molecule has 15 heavy (non-hydrogen) atoms. The van der Waals surface area contributed by atoms with Gasteiger partial charge in [0.25, 0.3) is 0 Å². The smallest absolute Gasteiger partial charge is 0.0136 e. The average molecular weight is 210 g/mol. The maximum Gasteiger partial charge on any atom is 0.0136 e. The zero-order valence-electron chi connectivity index (χ0n) is 10.3. The van der Waals surface area contributed by atoms with Crippen LogP contribution >= 0.6 is 0 Å². The molecule has 0 aromatic carbocycles. The van der Waals surface area contributed by atoms with E-state index in [4.69, 9.17) is 5.73 Å². The van der Waals surface area contributed by atoms with Crippen molar-refractivity contribution in [2.45, 2.75) is 52.0 Å². The first-order valence-electron chi connectivity index (χ1n) is 6.56. The molecule has 1 saturated carbocycles. The molecule has 2 nitrogen and oxygen atoms in total. The van der Waals surface area contributed by atoms with E-state index in [0.717, 1.165) is 18.5 Å². The molecular weight excluding hydrogens is 184 g/mol. The minimum Gasteiger partial charge on any atom is -0.330 e. The van der Waals surface area contributed by atoms with Crippen molar-refractivity contribution in [2.24, 2.45) is 17.1 Å². The average Bonchev–Trinajstić information content (AvgIpc) is 2.59. The second-order valence-corrected chi connectivity index (χ2v) is 6.23. The number of hydrogen-bond donors (Lipinski definition) is 1. The van der Waals surface area contributed by atoms with Crippen molar-refractivity contribution in [3.8, 4) is 0 Å². The van der Waals surface area contributed by atoms with Crippen LogP contribution in [0.15, 0.2) is 0 Å². The highest BCUT2D eigenvalue weighted by Gasteiger charge is 2.36. The van der Waals surface area contributed by atoms with Crippen molar-refractivity contribution in [3.63, 3.8) is 0 Å². The standard InChI is InChI=1S/C13H26N2/c1-13(2)7-8-15(10-13)12-6-4-3-5-11(12)9-14/h11-12H,3-10,14H2,1-2H3. The van der Waals surface area contributed by atoms with Crippen molar-refractivity contribution < 1.29 is 0 Å². The lowest BCUT2D eigenvalue weighted by Gasteiger charge is -2.38. The molecule has 0 aromatic heterocycles. The molecule has 2 unspecified atom stereocenters. The van der Waals surface area contributed by atoms with E-state index >= 15 is 0 Å². The zero-order valence-corrected chi connectivity index (χ0v) is 10.3. The first-order valence-corrected chi connectivity index (χ1v) is 6.56. The van der Waals surface area contributed by atoms with Gasteiger partial charge in [-0.2, -0.15) is 0 Å². The Bertz CT molecular complexity index is 213. The monoisotopic (exact) mass is 210 g/mol. The third-order valence-electron chi connectivity index (χ3n) is 4.35. The Hall–Kier alpha value is -0.0800. The minimum atomic E-state index is 0.538. The van der Waals surface area contributed by atoms with Gasteiger partial charge in [0.2, 0.25) is 0 Å². The fraction of sp³-hybridized carbons (Fsp3) is 1.00. The van der Waals surface area contributed by atoms with Crippen molar-refractivity contribution >= 4 is 0 Å². The van der Waals surface area contributed by atoms with Crippen molar-refractivity contribution in [2.75, 3.05) is 19.6 Å². The lowest BCUT2D eigenvalue weighted by Crippen LogP contribution is -2.44. The lowest BCUT2D eigenvalue weighted by molar-refractivity contribution is 0.121. The topological polar surface area (TPSA) is 29.3 Å². The van der Waals surface area contributed by atoms with E-state index in [-0.39, 0.29) is 0 Å². The molecule has 1 aliphatic heterocycles. The Kier molecular flexibility index (Phi) is 3.36. The molecular formula is C13H26N2. The van der Waals surface area contributed by atoms with Crippen LogP contribution in [0.25, 0.3) is 0 Å². The highest BCUT2D eigenvalue weighted by atomic mass is 15.2. The number of nitrogens with two attached hydrogens (primary N) is 1. The van der Waals surface area contributed by atoms with Gasteiger partial charge in [0.15, 0.2) is 0 Å². The van der Waals surface area contributed by atoms with E-state index in [2.05, 4.69) is 18.7 Å². The van der Waals surface area contributed by atoms with Crippen LogP contribution in [0, 0.1) is 11.3 Å². The van der Waals surface area contributed by atoms with Crippen molar-refractivity contribution in [3.05, 3.63) is 0 Å². The molecule has 2 aliphatic rings. The molecule has 0 spiro atoms. The summed E-state index contributed by atoms with van der Waals surface area (Å²) >= 11 is 0. The molecule has 1 aliphatic carbocycles. The van der Waals surface area contributed by atoms with Crippen LogP contribution < -0.4 is 5.73 Å². The summed E-state index contributed by atoms with van der Waals surface area (Å²) in [7, 11) is 0. The van der Waals surface area contributed by atoms with Gasteiger partial charge in [0.1, 0.15) is 0 Å². The largest absolute Gasteiger partial charge is 0.330 e. The Balaban J connectivity index is 1.97. The molecule has 0 radical (unpaired) electrons. The van der Waals surface area contributed by atoms with Gasteiger partial charge in [0.05, 0.1) is 0 Å². The first-order chi connectivity index (χ1) is 7.12. The minimum absolute atomic E-state index is 0.538. The maximum absolute atomic E-state index is 5.90. The second kappa shape index (κ2) is 4.42. The Morgan fingerprint density at radius 1 is 1.27 bits per heavy atom. The van der Waals surface area contributed by atoms with Crippen LogP contribution in [0.2, 0.25) is 0 Å². The highest BCUT2D eigenvalue weighted by Crippen LogP contribution is 2.35. The molecule has 88 valence electrons. The Morgan fingerprint density at radius 2 is 2.00 bits per heavy atom. The molecule has 2 atom stereocenters. The lowest BCUT2D eigenvalue weighted by atomic mass is 9.83. The van der Waals surface area contributed by atoms with Crippen molar-refractivity contribution in [1.29, 1.82) is 0 Å². The van der Waals surface area contributed by atoms with Crippen LogP contribution in [0.4, 0.5) is 0 Å². The molecule has 2 fully saturated rings. The summed E-state index contributed by atoms with van der Waals surface area (Å²) in [5.74, 6) is 0.771. The Labute approximate surface area is 94.2 Å². The quantitative estimate of drug-likeness (QED) is 0.757. The van der Waals surface area contributed by atoms with Crippen LogP contribution in [0.5, 0.6) is 0 Å². The van der Waals surface area contributed by atoms with Crippen molar-refractivity contribution in [1.82, 2.24) is 4.90 Å². The predicted molar refractivity (Wildman–Crippen MR) is 64.8 cm³/mol. The first kappa shape index (κ1) is 11.4. The molecule has 2 rings (SSSR count). The summed E-state index contributed by atoms with van der Waals surface area (Å²) in [6.45, 7) is 8.27. The number of hydrogen-bond acceptors (Lipinski definition) is 2. The number of rotatable bonds is 2. The van der Waals surface area contributed by atoms with Gasteiger partial charge in [0, 0.05) is 12.6 Å². The van der Waals surface area contributed by atoms with Gasteiger partial charge in [-0.05, 0) is 43.7 Å². The molecule has 0 aromatic rings.